The van der Waals surface area contributed by atoms with Crippen molar-refractivity contribution in [2.75, 3.05) is 17.2 Å². The molecule has 0 bridgehead atoms. The van der Waals surface area contributed by atoms with E-state index in [9.17, 15) is 4.39 Å². The van der Waals surface area contributed by atoms with Crippen LogP contribution >= 0.6 is 0 Å². The lowest BCUT2D eigenvalue weighted by Crippen LogP contribution is -2.01. The van der Waals surface area contributed by atoms with Gasteiger partial charge in [0.2, 0.25) is 0 Å². The lowest BCUT2D eigenvalue weighted by atomic mass is 10.2. The lowest BCUT2D eigenvalue weighted by molar-refractivity contribution is 0.633. The molecule has 0 fully saturated rings. The molecule has 0 aliphatic carbocycles. The molecule has 1 aromatic carbocycles. The lowest BCUT2D eigenvalue weighted by Gasteiger charge is -2.02. The molecule has 0 saturated heterocycles. The number of benzene rings is 1. The highest BCUT2D eigenvalue weighted by Gasteiger charge is 2.03. The zero-order valence-corrected chi connectivity index (χ0v) is 5.26. The molecule has 0 aromatic heterocycles. The summed E-state index contributed by atoms with van der Waals surface area (Å²) in [6, 6.07) is 2.56. The van der Waals surface area contributed by atoms with Gasteiger partial charge in [0.1, 0.15) is 5.82 Å². The molecule has 54 valence electrons. The zero-order chi connectivity index (χ0) is 7.72. The number of nitrogen functional groups attached to an aromatic ring is 3. The van der Waals surface area contributed by atoms with E-state index in [4.69, 9.17) is 17.2 Å². The van der Waals surface area contributed by atoms with Crippen molar-refractivity contribution in [3.05, 3.63) is 17.9 Å². The Kier molecular flexibility index (Phi) is 1.37. The molecule has 0 unspecified atom stereocenters. The molecule has 0 amide bonds. The van der Waals surface area contributed by atoms with Gasteiger partial charge >= 0.3 is 0 Å². The third kappa shape index (κ3) is 0.834. The largest absolute Gasteiger partial charge is 0.397 e. The van der Waals surface area contributed by atoms with Gasteiger partial charge in [-0.3, -0.25) is 0 Å². The average molecular weight is 141 g/mol. The molecular formula is C6H8FN3. The van der Waals surface area contributed by atoms with Crippen LogP contribution in [0.5, 0.6) is 0 Å². The van der Waals surface area contributed by atoms with Crippen molar-refractivity contribution in [2.45, 2.75) is 0 Å². The van der Waals surface area contributed by atoms with Crippen LogP contribution in [0.1, 0.15) is 0 Å². The first-order valence-corrected chi connectivity index (χ1v) is 2.72. The number of hydrogen-bond acceptors (Lipinski definition) is 3. The summed E-state index contributed by atoms with van der Waals surface area (Å²) in [7, 11) is 0. The van der Waals surface area contributed by atoms with Crippen molar-refractivity contribution < 1.29 is 4.39 Å². The third-order valence-electron chi connectivity index (χ3n) is 1.27. The van der Waals surface area contributed by atoms with Crippen molar-refractivity contribution in [3.63, 3.8) is 0 Å². The molecule has 3 nitrogen and oxygen atoms in total. The van der Waals surface area contributed by atoms with Crippen LogP contribution in [-0.2, 0) is 0 Å². The summed E-state index contributed by atoms with van der Waals surface area (Å²) in [4.78, 5) is 0. The Morgan fingerprint density at radius 3 is 2.10 bits per heavy atom. The number of rotatable bonds is 0. The second-order valence-corrected chi connectivity index (χ2v) is 1.96. The van der Waals surface area contributed by atoms with Gasteiger partial charge in [-0.1, -0.05) is 0 Å². The molecule has 0 saturated carbocycles. The summed E-state index contributed by atoms with van der Waals surface area (Å²) < 4.78 is 12.5. The number of halogens is 1. The van der Waals surface area contributed by atoms with E-state index in [1.54, 1.807) is 0 Å². The van der Waals surface area contributed by atoms with Gasteiger partial charge in [-0.2, -0.15) is 0 Å². The zero-order valence-electron chi connectivity index (χ0n) is 5.26. The van der Waals surface area contributed by atoms with Gasteiger partial charge in [0.05, 0.1) is 17.1 Å². The Morgan fingerprint density at radius 1 is 1.00 bits per heavy atom. The van der Waals surface area contributed by atoms with Crippen molar-refractivity contribution in [3.8, 4) is 0 Å². The SMILES string of the molecule is Nc1ccc(F)c(N)c1N. The van der Waals surface area contributed by atoms with Gasteiger partial charge in [-0.05, 0) is 12.1 Å². The van der Waals surface area contributed by atoms with Crippen LogP contribution in [0.3, 0.4) is 0 Å². The van der Waals surface area contributed by atoms with Crippen molar-refractivity contribution in [1.82, 2.24) is 0 Å². The van der Waals surface area contributed by atoms with Crippen molar-refractivity contribution in [1.29, 1.82) is 0 Å². The topological polar surface area (TPSA) is 78.1 Å². The normalized spacial score (nSPS) is 9.70. The molecule has 10 heavy (non-hydrogen) atoms. The third-order valence-corrected chi connectivity index (χ3v) is 1.27. The van der Waals surface area contributed by atoms with Gasteiger partial charge in [0, 0.05) is 0 Å². The van der Waals surface area contributed by atoms with E-state index in [0.29, 0.717) is 5.69 Å². The number of hydrogen-bond donors (Lipinski definition) is 3. The number of nitrogens with two attached hydrogens (primary N) is 3. The quantitative estimate of drug-likeness (QED) is 0.462. The molecule has 1 rings (SSSR count). The fourth-order valence-corrected chi connectivity index (χ4v) is 0.627. The second-order valence-electron chi connectivity index (χ2n) is 1.96. The fraction of sp³-hybridized carbons (Fsp3) is 0. The van der Waals surface area contributed by atoms with Crippen LogP contribution in [-0.4, -0.2) is 0 Å². The Balaban J connectivity index is 3.34. The monoisotopic (exact) mass is 141 g/mol. The summed E-state index contributed by atoms with van der Waals surface area (Å²) in [6.07, 6.45) is 0. The summed E-state index contributed by atoms with van der Waals surface area (Å²) in [6.45, 7) is 0. The van der Waals surface area contributed by atoms with Crippen LogP contribution in [0.2, 0.25) is 0 Å². The predicted molar refractivity (Wildman–Crippen MR) is 39.6 cm³/mol. The van der Waals surface area contributed by atoms with Crippen molar-refractivity contribution >= 4 is 17.1 Å². The van der Waals surface area contributed by atoms with Crippen LogP contribution < -0.4 is 17.2 Å². The van der Waals surface area contributed by atoms with Gasteiger partial charge in [0.25, 0.3) is 0 Å². The first-order chi connectivity index (χ1) is 4.63. The molecule has 0 aliphatic rings. The van der Waals surface area contributed by atoms with Gasteiger partial charge < -0.3 is 17.2 Å². The summed E-state index contributed by atoms with van der Waals surface area (Å²) in [5.74, 6) is -0.535. The van der Waals surface area contributed by atoms with Gasteiger partial charge in [-0.25, -0.2) is 4.39 Å². The fourth-order valence-electron chi connectivity index (χ4n) is 0.627. The standard InChI is InChI=1S/C6H8FN3/c7-3-1-2-4(8)6(10)5(3)9/h1-2H,8-10H2. The Bertz CT molecular complexity index is 232. The van der Waals surface area contributed by atoms with E-state index in [-0.39, 0.29) is 11.4 Å². The van der Waals surface area contributed by atoms with E-state index < -0.39 is 5.82 Å². The maximum Gasteiger partial charge on any atom is 0.148 e. The predicted octanol–water partition coefficient (Wildman–Crippen LogP) is 0.572. The highest BCUT2D eigenvalue weighted by molar-refractivity contribution is 5.77. The molecule has 0 radical (unpaired) electrons. The van der Waals surface area contributed by atoms with Crippen LogP contribution in [0, 0.1) is 5.82 Å². The van der Waals surface area contributed by atoms with Crippen LogP contribution in [0.4, 0.5) is 21.5 Å². The van der Waals surface area contributed by atoms with E-state index in [1.807, 2.05) is 0 Å². The molecule has 1 aromatic rings. The minimum absolute atomic E-state index is 0.0833. The second kappa shape index (κ2) is 2.06. The average Bonchev–Trinajstić information content (AvgIpc) is 1.93. The maximum atomic E-state index is 12.5. The molecule has 0 aliphatic heterocycles. The highest BCUT2D eigenvalue weighted by Crippen LogP contribution is 2.24. The van der Waals surface area contributed by atoms with Crippen LogP contribution in [0.15, 0.2) is 12.1 Å². The van der Waals surface area contributed by atoms with E-state index in [1.165, 1.54) is 12.1 Å². The van der Waals surface area contributed by atoms with E-state index in [0.717, 1.165) is 0 Å². The van der Waals surface area contributed by atoms with Gasteiger partial charge in [-0.15, -0.1) is 0 Å². The Hall–Kier alpha value is -1.45. The van der Waals surface area contributed by atoms with Crippen molar-refractivity contribution in [2.24, 2.45) is 0 Å². The molecule has 0 heterocycles. The highest BCUT2D eigenvalue weighted by atomic mass is 19.1. The summed E-state index contributed by atoms with van der Waals surface area (Å²) in [5.41, 5.74) is 16.1. The van der Waals surface area contributed by atoms with Gasteiger partial charge in [0.15, 0.2) is 0 Å². The minimum atomic E-state index is -0.535. The molecular weight excluding hydrogens is 133 g/mol. The first kappa shape index (κ1) is 6.67. The number of anilines is 3. The Labute approximate surface area is 57.6 Å². The molecule has 0 atom stereocenters. The van der Waals surface area contributed by atoms with E-state index in [2.05, 4.69) is 0 Å². The smallest absolute Gasteiger partial charge is 0.148 e. The molecule has 4 heteroatoms. The van der Waals surface area contributed by atoms with Crippen LogP contribution in [0.25, 0.3) is 0 Å². The molecule has 0 spiro atoms. The first-order valence-electron chi connectivity index (χ1n) is 2.72. The minimum Gasteiger partial charge on any atom is -0.397 e. The Morgan fingerprint density at radius 2 is 1.60 bits per heavy atom. The molecule has 6 N–H and O–H groups in total. The maximum absolute atomic E-state index is 12.5. The summed E-state index contributed by atoms with van der Waals surface area (Å²) >= 11 is 0. The van der Waals surface area contributed by atoms with E-state index >= 15 is 0 Å². The summed E-state index contributed by atoms with van der Waals surface area (Å²) in [5, 5.41) is 0.